The Morgan fingerprint density at radius 2 is 2.41 bits per heavy atom. The van der Waals surface area contributed by atoms with Crippen molar-refractivity contribution in [2.75, 3.05) is 18.5 Å². The molecule has 0 aliphatic carbocycles. The predicted octanol–water partition coefficient (Wildman–Crippen LogP) is -1.39. The first kappa shape index (κ1) is 15.1. The van der Waals surface area contributed by atoms with E-state index >= 15 is 0 Å². The maximum atomic E-state index is 12.1. The number of carbonyl (C=O) groups is 1. The van der Waals surface area contributed by atoms with E-state index in [0.717, 1.165) is 0 Å². The SMILES string of the molecule is CC(=O)Nc1ccn([C@H]2CC3OC[C@](CO)(O2)[C@H]3O)c(=O)n1. The number of ether oxygens (including phenoxy) is 2. The van der Waals surface area contributed by atoms with Gasteiger partial charge >= 0.3 is 5.69 Å². The van der Waals surface area contributed by atoms with Gasteiger partial charge in [-0.25, -0.2) is 4.79 Å². The molecule has 1 aromatic heterocycles. The van der Waals surface area contributed by atoms with Gasteiger partial charge in [0.05, 0.1) is 19.3 Å². The highest BCUT2D eigenvalue weighted by atomic mass is 16.6. The first-order chi connectivity index (χ1) is 10.4. The molecule has 3 heterocycles. The first-order valence-electron chi connectivity index (χ1n) is 6.90. The third-order valence-electron chi connectivity index (χ3n) is 3.95. The van der Waals surface area contributed by atoms with Crippen LogP contribution in [0, 0.1) is 0 Å². The molecule has 1 unspecified atom stereocenters. The predicted molar refractivity (Wildman–Crippen MR) is 73.1 cm³/mol. The Balaban J connectivity index is 1.86. The average Bonchev–Trinajstić information content (AvgIpc) is 2.66. The van der Waals surface area contributed by atoms with Gasteiger partial charge in [-0.2, -0.15) is 4.98 Å². The van der Waals surface area contributed by atoms with Crippen LogP contribution in [0.5, 0.6) is 0 Å². The van der Waals surface area contributed by atoms with Crippen molar-refractivity contribution in [1.82, 2.24) is 9.55 Å². The minimum absolute atomic E-state index is 0.0674. The molecule has 120 valence electrons. The van der Waals surface area contributed by atoms with Gasteiger partial charge < -0.3 is 25.0 Å². The Kier molecular flexibility index (Phi) is 3.73. The van der Waals surface area contributed by atoms with Gasteiger partial charge in [-0.3, -0.25) is 9.36 Å². The van der Waals surface area contributed by atoms with E-state index in [4.69, 9.17) is 9.47 Å². The highest BCUT2D eigenvalue weighted by molar-refractivity contribution is 5.87. The number of nitrogens with one attached hydrogen (secondary N) is 1. The zero-order valence-corrected chi connectivity index (χ0v) is 11.9. The number of hydrogen-bond acceptors (Lipinski definition) is 7. The molecule has 9 nitrogen and oxygen atoms in total. The summed E-state index contributed by atoms with van der Waals surface area (Å²) in [5.41, 5.74) is -1.82. The summed E-state index contributed by atoms with van der Waals surface area (Å²) in [7, 11) is 0. The Labute approximate surface area is 125 Å². The summed E-state index contributed by atoms with van der Waals surface area (Å²) < 4.78 is 12.4. The molecule has 22 heavy (non-hydrogen) atoms. The molecule has 0 aromatic carbocycles. The van der Waals surface area contributed by atoms with Gasteiger partial charge in [0.25, 0.3) is 0 Å². The van der Waals surface area contributed by atoms with Crippen LogP contribution in [0.1, 0.15) is 19.6 Å². The molecular formula is C13H17N3O6. The van der Waals surface area contributed by atoms with Crippen LogP contribution in [0.25, 0.3) is 0 Å². The molecule has 1 aromatic rings. The standard InChI is InChI=1S/C13H17N3O6/c1-7(18)14-9-2-3-16(12(20)15-9)10-4-8-11(19)13(5-17,22-10)6-21-8/h2-3,8,10-11,17,19H,4-6H2,1H3,(H,14,15,18,20)/t8?,10-,11+,13+/m1/s1. The van der Waals surface area contributed by atoms with Crippen LogP contribution < -0.4 is 11.0 Å². The lowest BCUT2D eigenvalue weighted by atomic mass is 9.92. The number of anilines is 1. The van der Waals surface area contributed by atoms with E-state index in [1.165, 1.54) is 23.8 Å². The molecule has 2 fully saturated rings. The van der Waals surface area contributed by atoms with Crippen molar-refractivity contribution in [2.45, 2.75) is 37.4 Å². The van der Waals surface area contributed by atoms with Crippen LogP contribution in [0.4, 0.5) is 5.82 Å². The molecule has 2 aliphatic heterocycles. The maximum absolute atomic E-state index is 12.1. The largest absolute Gasteiger partial charge is 0.393 e. The van der Waals surface area contributed by atoms with Gasteiger partial charge in [0.2, 0.25) is 5.91 Å². The number of fused-ring (bicyclic) bond motifs is 2. The van der Waals surface area contributed by atoms with Gasteiger partial charge in [0.1, 0.15) is 23.8 Å². The maximum Gasteiger partial charge on any atom is 0.351 e. The summed E-state index contributed by atoms with van der Waals surface area (Å²) in [5.74, 6) is -0.173. The van der Waals surface area contributed by atoms with E-state index in [1.54, 1.807) is 0 Å². The average molecular weight is 311 g/mol. The van der Waals surface area contributed by atoms with Crippen molar-refractivity contribution in [3.63, 3.8) is 0 Å². The quantitative estimate of drug-likeness (QED) is 0.628. The molecule has 0 spiro atoms. The fourth-order valence-corrected chi connectivity index (χ4v) is 2.81. The molecule has 3 rings (SSSR count). The van der Waals surface area contributed by atoms with Gasteiger partial charge in [0.15, 0.2) is 0 Å². The van der Waals surface area contributed by atoms with Gasteiger partial charge in [-0.1, -0.05) is 0 Å². The van der Waals surface area contributed by atoms with E-state index in [2.05, 4.69) is 10.3 Å². The van der Waals surface area contributed by atoms with Crippen LogP contribution in [-0.2, 0) is 14.3 Å². The third-order valence-corrected chi connectivity index (χ3v) is 3.95. The van der Waals surface area contributed by atoms with Crippen LogP contribution in [0.2, 0.25) is 0 Å². The number of hydrogen-bond donors (Lipinski definition) is 3. The number of aromatic nitrogens is 2. The number of aliphatic hydroxyl groups excluding tert-OH is 2. The summed E-state index contributed by atoms with van der Waals surface area (Å²) in [6.45, 7) is 0.976. The zero-order chi connectivity index (χ0) is 15.9. The van der Waals surface area contributed by atoms with Gasteiger partial charge in [-0.15, -0.1) is 0 Å². The highest BCUT2D eigenvalue weighted by Gasteiger charge is 2.56. The van der Waals surface area contributed by atoms with E-state index < -0.39 is 36.3 Å². The van der Waals surface area contributed by atoms with Crippen LogP contribution in [0.15, 0.2) is 17.1 Å². The molecular weight excluding hydrogens is 294 g/mol. The molecule has 2 bridgehead atoms. The topological polar surface area (TPSA) is 123 Å². The Morgan fingerprint density at radius 3 is 3.05 bits per heavy atom. The van der Waals surface area contributed by atoms with E-state index in [-0.39, 0.29) is 24.8 Å². The number of nitrogens with zero attached hydrogens (tertiary/aromatic N) is 2. The van der Waals surface area contributed by atoms with Crippen molar-refractivity contribution in [2.24, 2.45) is 0 Å². The second-order valence-corrected chi connectivity index (χ2v) is 5.51. The van der Waals surface area contributed by atoms with Crippen LogP contribution >= 0.6 is 0 Å². The highest BCUT2D eigenvalue weighted by Crippen LogP contribution is 2.40. The van der Waals surface area contributed by atoms with Crippen molar-refractivity contribution in [3.8, 4) is 0 Å². The smallest absolute Gasteiger partial charge is 0.351 e. The minimum atomic E-state index is -1.22. The van der Waals surface area contributed by atoms with Crippen molar-refractivity contribution >= 4 is 11.7 Å². The number of carbonyl (C=O) groups excluding carboxylic acids is 1. The molecule has 4 atom stereocenters. The third kappa shape index (κ3) is 2.41. The van der Waals surface area contributed by atoms with Gasteiger partial charge in [0, 0.05) is 19.5 Å². The second-order valence-electron chi connectivity index (χ2n) is 5.51. The number of amides is 1. The van der Waals surface area contributed by atoms with Crippen molar-refractivity contribution < 1.29 is 24.5 Å². The fraction of sp³-hybridized carbons (Fsp3) is 0.615. The van der Waals surface area contributed by atoms with Crippen LogP contribution in [-0.4, -0.2) is 56.7 Å². The summed E-state index contributed by atoms with van der Waals surface area (Å²) in [6.07, 6.45) is -0.421. The van der Waals surface area contributed by atoms with E-state index in [0.29, 0.717) is 0 Å². The first-order valence-corrected chi connectivity index (χ1v) is 6.90. The number of aliphatic hydroxyl groups is 2. The summed E-state index contributed by atoms with van der Waals surface area (Å²) in [6, 6.07) is 1.48. The molecule has 0 radical (unpaired) electrons. The second kappa shape index (κ2) is 5.43. The van der Waals surface area contributed by atoms with Crippen LogP contribution in [0.3, 0.4) is 0 Å². The molecule has 2 aliphatic rings. The lowest BCUT2D eigenvalue weighted by Crippen LogP contribution is -2.55. The normalized spacial score (nSPS) is 33.7. The number of rotatable bonds is 3. The fourth-order valence-electron chi connectivity index (χ4n) is 2.81. The molecule has 1 amide bonds. The van der Waals surface area contributed by atoms with E-state index in [1.807, 2.05) is 0 Å². The molecule has 3 N–H and O–H groups in total. The van der Waals surface area contributed by atoms with Gasteiger partial charge in [-0.05, 0) is 6.07 Å². The lowest BCUT2D eigenvalue weighted by molar-refractivity contribution is -0.208. The Hall–Kier alpha value is -1.81. The minimum Gasteiger partial charge on any atom is -0.393 e. The monoisotopic (exact) mass is 311 g/mol. The molecule has 0 saturated carbocycles. The summed E-state index contributed by atoms with van der Waals surface area (Å²) >= 11 is 0. The Bertz CT molecular complexity index is 647. The van der Waals surface area contributed by atoms with Crippen molar-refractivity contribution in [3.05, 3.63) is 22.7 Å². The van der Waals surface area contributed by atoms with Crippen molar-refractivity contribution in [1.29, 1.82) is 0 Å². The summed E-state index contributed by atoms with van der Waals surface area (Å²) in [4.78, 5) is 26.8. The molecule has 2 saturated heterocycles. The zero-order valence-electron chi connectivity index (χ0n) is 11.9. The molecule has 9 heteroatoms. The lowest BCUT2D eigenvalue weighted by Gasteiger charge is -2.39. The summed E-state index contributed by atoms with van der Waals surface area (Å²) in [5, 5.41) is 22.0. The van der Waals surface area contributed by atoms with E-state index in [9.17, 15) is 19.8 Å². The Morgan fingerprint density at radius 1 is 1.64 bits per heavy atom.